The lowest BCUT2D eigenvalue weighted by Gasteiger charge is -2.25. The summed E-state index contributed by atoms with van der Waals surface area (Å²) in [6, 6.07) is 0. The molecule has 0 spiro atoms. The van der Waals surface area contributed by atoms with Crippen molar-refractivity contribution in [3.05, 3.63) is 11.1 Å². The van der Waals surface area contributed by atoms with Crippen LogP contribution >= 0.6 is 11.3 Å². The third-order valence-corrected chi connectivity index (χ3v) is 4.83. The Labute approximate surface area is 112 Å². The van der Waals surface area contributed by atoms with E-state index in [0.717, 1.165) is 18.0 Å². The Morgan fingerprint density at radius 3 is 2.94 bits per heavy atom. The Morgan fingerprint density at radius 1 is 1.39 bits per heavy atom. The van der Waals surface area contributed by atoms with Crippen LogP contribution in [-0.2, 0) is 4.79 Å². The number of aromatic nitrogens is 1. The van der Waals surface area contributed by atoms with E-state index >= 15 is 0 Å². The van der Waals surface area contributed by atoms with Gasteiger partial charge in [-0.1, -0.05) is 19.8 Å². The van der Waals surface area contributed by atoms with Gasteiger partial charge < -0.3 is 5.32 Å². The maximum absolute atomic E-state index is 12.2. The van der Waals surface area contributed by atoms with Crippen molar-refractivity contribution >= 4 is 22.4 Å². The van der Waals surface area contributed by atoms with E-state index < -0.39 is 0 Å². The van der Waals surface area contributed by atoms with Crippen molar-refractivity contribution in [2.24, 2.45) is 11.8 Å². The van der Waals surface area contributed by atoms with Crippen LogP contribution in [0.4, 0.5) is 5.13 Å². The van der Waals surface area contributed by atoms with Gasteiger partial charge in [-0.05, 0) is 31.6 Å². The molecular formula is C14H20N2OS. The number of carbonyl (C=O) groups excluding carboxylic acids is 1. The second-order valence-corrected chi connectivity index (χ2v) is 6.67. The van der Waals surface area contributed by atoms with Crippen molar-refractivity contribution in [1.29, 1.82) is 0 Å². The molecule has 2 atom stereocenters. The largest absolute Gasteiger partial charge is 0.302 e. The second kappa shape index (κ2) is 5.00. The molecule has 3 rings (SSSR count). The normalized spacial score (nSPS) is 28.1. The van der Waals surface area contributed by atoms with Gasteiger partial charge in [0.2, 0.25) is 5.91 Å². The Hall–Kier alpha value is -0.900. The third kappa shape index (κ3) is 2.74. The van der Waals surface area contributed by atoms with Gasteiger partial charge in [0.25, 0.3) is 0 Å². The molecule has 1 N–H and O–H groups in total. The number of nitrogens with zero attached hydrogens (tertiary/aromatic N) is 1. The first-order chi connectivity index (χ1) is 8.72. The van der Waals surface area contributed by atoms with E-state index in [1.807, 2.05) is 0 Å². The number of rotatable bonds is 3. The average molecular weight is 264 g/mol. The molecule has 1 heterocycles. The molecule has 2 saturated carbocycles. The average Bonchev–Trinajstić information content (AvgIpc) is 3.11. The molecule has 0 bridgehead atoms. The molecule has 2 unspecified atom stereocenters. The first-order valence-corrected chi connectivity index (χ1v) is 7.86. The van der Waals surface area contributed by atoms with E-state index in [2.05, 4.69) is 22.6 Å². The summed E-state index contributed by atoms with van der Waals surface area (Å²) in [5.74, 6) is 1.73. The minimum Gasteiger partial charge on any atom is -0.302 e. The van der Waals surface area contributed by atoms with E-state index in [9.17, 15) is 4.79 Å². The van der Waals surface area contributed by atoms with Crippen LogP contribution in [0.1, 0.15) is 57.1 Å². The lowest BCUT2D eigenvalue weighted by Crippen LogP contribution is -2.27. The minimum atomic E-state index is 0.179. The topological polar surface area (TPSA) is 42.0 Å². The van der Waals surface area contributed by atoms with Crippen LogP contribution in [-0.4, -0.2) is 10.9 Å². The van der Waals surface area contributed by atoms with Crippen LogP contribution in [0.25, 0.3) is 0 Å². The SMILES string of the molecule is CC1CCCC(C(=O)Nc2nc(C3CC3)cs2)C1. The standard InChI is InChI=1S/C14H20N2OS/c1-9-3-2-4-11(7-9)13(17)16-14-15-12(8-18-14)10-5-6-10/h8-11H,2-7H2,1H3,(H,15,16,17). The quantitative estimate of drug-likeness (QED) is 0.902. The van der Waals surface area contributed by atoms with Gasteiger partial charge in [0, 0.05) is 17.2 Å². The maximum Gasteiger partial charge on any atom is 0.229 e. The minimum absolute atomic E-state index is 0.179. The Balaban J connectivity index is 1.58. The fourth-order valence-corrected chi connectivity index (χ4v) is 3.59. The summed E-state index contributed by atoms with van der Waals surface area (Å²) in [6.45, 7) is 2.24. The van der Waals surface area contributed by atoms with E-state index in [1.54, 1.807) is 11.3 Å². The highest BCUT2D eigenvalue weighted by Crippen LogP contribution is 2.41. The van der Waals surface area contributed by atoms with Crippen LogP contribution < -0.4 is 5.32 Å². The van der Waals surface area contributed by atoms with Crippen molar-refractivity contribution in [2.75, 3.05) is 5.32 Å². The van der Waals surface area contributed by atoms with E-state index in [4.69, 9.17) is 0 Å². The van der Waals surface area contributed by atoms with Gasteiger partial charge in [-0.25, -0.2) is 4.98 Å². The summed E-state index contributed by atoms with van der Waals surface area (Å²) < 4.78 is 0. The summed E-state index contributed by atoms with van der Waals surface area (Å²) in [4.78, 5) is 16.7. The zero-order valence-corrected chi connectivity index (χ0v) is 11.6. The van der Waals surface area contributed by atoms with Gasteiger partial charge in [-0.15, -0.1) is 11.3 Å². The Bertz CT molecular complexity index is 439. The number of hydrogen-bond donors (Lipinski definition) is 1. The fourth-order valence-electron chi connectivity index (χ4n) is 2.79. The van der Waals surface area contributed by atoms with Crippen molar-refractivity contribution in [3.8, 4) is 0 Å². The molecule has 2 fully saturated rings. The molecule has 1 aromatic heterocycles. The van der Waals surface area contributed by atoms with Gasteiger partial charge in [0.15, 0.2) is 5.13 Å². The summed E-state index contributed by atoms with van der Waals surface area (Å²) in [5.41, 5.74) is 1.17. The van der Waals surface area contributed by atoms with Crippen LogP contribution in [0.3, 0.4) is 0 Å². The Kier molecular flexibility index (Phi) is 3.37. The van der Waals surface area contributed by atoms with Crippen LogP contribution in [0.15, 0.2) is 5.38 Å². The van der Waals surface area contributed by atoms with E-state index in [-0.39, 0.29) is 11.8 Å². The highest BCUT2D eigenvalue weighted by Gasteiger charge is 2.28. The first-order valence-electron chi connectivity index (χ1n) is 6.98. The number of carbonyl (C=O) groups is 1. The van der Waals surface area contributed by atoms with Crippen molar-refractivity contribution in [1.82, 2.24) is 4.98 Å². The van der Waals surface area contributed by atoms with E-state index in [0.29, 0.717) is 11.8 Å². The highest BCUT2D eigenvalue weighted by atomic mass is 32.1. The predicted octanol–water partition coefficient (Wildman–Crippen LogP) is 3.79. The molecular weight excluding hydrogens is 244 g/mol. The van der Waals surface area contributed by atoms with Gasteiger partial charge in [-0.2, -0.15) is 0 Å². The highest BCUT2D eigenvalue weighted by molar-refractivity contribution is 7.13. The van der Waals surface area contributed by atoms with Crippen molar-refractivity contribution < 1.29 is 4.79 Å². The summed E-state index contributed by atoms with van der Waals surface area (Å²) in [6.07, 6.45) is 7.05. The summed E-state index contributed by atoms with van der Waals surface area (Å²) in [7, 11) is 0. The lowest BCUT2D eigenvalue weighted by molar-refractivity contribution is -0.121. The van der Waals surface area contributed by atoms with Crippen molar-refractivity contribution in [2.45, 2.75) is 51.4 Å². The van der Waals surface area contributed by atoms with Crippen molar-refractivity contribution in [3.63, 3.8) is 0 Å². The van der Waals surface area contributed by atoms with Gasteiger partial charge >= 0.3 is 0 Å². The molecule has 3 nitrogen and oxygen atoms in total. The molecule has 18 heavy (non-hydrogen) atoms. The molecule has 2 aliphatic carbocycles. The number of amides is 1. The number of anilines is 1. The molecule has 98 valence electrons. The first kappa shape index (κ1) is 12.2. The van der Waals surface area contributed by atoms with Crippen LogP contribution in [0.2, 0.25) is 0 Å². The number of nitrogens with one attached hydrogen (secondary N) is 1. The number of thiazole rings is 1. The zero-order valence-electron chi connectivity index (χ0n) is 10.8. The molecule has 2 aliphatic rings. The molecule has 0 aromatic carbocycles. The fraction of sp³-hybridized carbons (Fsp3) is 0.714. The third-order valence-electron chi connectivity index (χ3n) is 4.05. The monoisotopic (exact) mass is 264 g/mol. The molecule has 0 radical (unpaired) electrons. The van der Waals surface area contributed by atoms with E-state index in [1.165, 1.54) is 31.4 Å². The second-order valence-electron chi connectivity index (χ2n) is 5.81. The number of hydrogen-bond acceptors (Lipinski definition) is 3. The van der Waals surface area contributed by atoms with Gasteiger partial charge in [0.1, 0.15) is 0 Å². The molecule has 0 saturated heterocycles. The summed E-state index contributed by atoms with van der Waals surface area (Å²) in [5, 5.41) is 5.89. The van der Waals surface area contributed by atoms with Crippen LogP contribution in [0, 0.1) is 11.8 Å². The molecule has 1 aromatic rings. The summed E-state index contributed by atoms with van der Waals surface area (Å²) >= 11 is 1.57. The maximum atomic E-state index is 12.2. The smallest absolute Gasteiger partial charge is 0.229 e. The molecule has 0 aliphatic heterocycles. The van der Waals surface area contributed by atoms with Gasteiger partial charge in [-0.3, -0.25) is 4.79 Å². The zero-order chi connectivity index (χ0) is 12.5. The molecule has 1 amide bonds. The lowest BCUT2D eigenvalue weighted by atomic mass is 9.82. The molecule has 4 heteroatoms. The van der Waals surface area contributed by atoms with Crippen LogP contribution in [0.5, 0.6) is 0 Å². The predicted molar refractivity (Wildman–Crippen MR) is 73.8 cm³/mol. The Morgan fingerprint density at radius 2 is 2.22 bits per heavy atom. The van der Waals surface area contributed by atoms with Gasteiger partial charge in [0.05, 0.1) is 5.69 Å².